The standard InChI is InChI=1S/2C4H4N2O3.Mg/c2*7-2-1-3(8)6-4(9)5-2;/h2*1H2,(H2,5,6,7,8,9);/q;;+2/p-2. The van der Waals surface area contributed by atoms with E-state index in [0.29, 0.717) is 0 Å². The average Bonchev–Trinajstić information content (AvgIpc) is 2.12. The molecule has 2 N–H and O–H groups in total. The fourth-order valence-corrected chi connectivity index (χ4v) is 0.963. The smallest absolute Gasteiger partial charge is 0.846 e. The second-order valence-corrected chi connectivity index (χ2v) is 3.07. The van der Waals surface area contributed by atoms with E-state index in [1.165, 1.54) is 0 Å². The van der Waals surface area contributed by atoms with Gasteiger partial charge < -0.3 is 20.8 Å². The van der Waals surface area contributed by atoms with Crippen molar-refractivity contribution in [2.75, 3.05) is 0 Å². The van der Waals surface area contributed by atoms with E-state index < -0.39 is 35.7 Å². The molecule has 0 aromatic heterocycles. The first-order valence-corrected chi connectivity index (χ1v) is 4.53. The molecule has 0 aromatic carbocycles. The van der Waals surface area contributed by atoms with Crippen LogP contribution in [-0.4, -0.2) is 58.7 Å². The molecule has 0 aliphatic carbocycles. The number of rotatable bonds is 0. The molecular weight excluding hydrogens is 272 g/mol. The normalized spacial score (nSPS) is 17.9. The Morgan fingerprint density at radius 1 is 0.789 bits per heavy atom. The molecule has 0 bridgehead atoms. The summed E-state index contributed by atoms with van der Waals surface area (Å²) in [6.07, 6.45) is -0.628. The topological polar surface area (TPSA) is 163 Å². The van der Waals surface area contributed by atoms with Crippen molar-refractivity contribution in [1.29, 1.82) is 0 Å². The van der Waals surface area contributed by atoms with Crippen molar-refractivity contribution in [1.82, 2.24) is 10.6 Å². The Morgan fingerprint density at radius 3 is 1.32 bits per heavy atom. The van der Waals surface area contributed by atoms with Crippen molar-refractivity contribution in [3.05, 3.63) is 0 Å². The van der Waals surface area contributed by atoms with Crippen molar-refractivity contribution in [2.24, 2.45) is 9.98 Å². The summed E-state index contributed by atoms with van der Waals surface area (Å²) in [5, 5.41) is 24.0. The second-order valence-electron chi connectivity index (χ2n) is 3.07. The van der Waals surface area contributed by atoms with Gasteiger partial charge in [0.1, 0.15) is 12.8 Å². The molecule has 96 valence electrons. The van der Waals surface area contributed by atoms with Crippen LogP contribution in [0.1, 0.15) is 12.8 Å². The van der Waals surface area contributed by atoms with E-state index in [1.807, 2.05) is 10.6 Å². The Morgan fingerprint density at radius 2 is 1.11 bits per heavy atom. The molecule has 4 amide bonds. The Hall–Kier alpha value is -2.01. The van der Waals surface area contributed by atoms with Gasteiger partial charge >= 0.3 is 23.1 Å². The Balaban J connectivity index is 0.000000324. The molecule has 2 heterocycles. The molecule has 0 fully saturated rings. The fraction of sp³-hybridized carbons (Fsp3) is 0.250. The van der Waals surface area contributed by atoms with E-state index in [0.717, 1.165) is 0 Å². The summed E-state index contributed by atoms with van der Waals surface area (Å²) in [4.78, 5) is 46.9. The van der Waals surface area contributed by atoms with Crippen LogP contribution < -0.4 is 20.8 Å². The molecular formula is C8H6MgN4O6. The number of carbonyl (C=O) groups excluding carboxylic acids is 4. The first-order chi connectivity index (χ1) is 8.36. The maximum absolute atomic E-state index is 10.3. The van der Waals surface area contributed by atoms with Crippen molar-refractivity contribution < 1.29 is 29.4 Å². The number of carbonyl (C=O) groups is 4. The molecule has 0 radical (unpaired) electrons. The zero-order valence-electron chi connectivity index (χ0n) is 9.47. The molecule has 10 nitrogen and oxygen atoms in total. The van der Waals surface area contributed by atoms with E-state index in [9.17, 15) is 29.4 Å². The largest absolute Gasteiger partial charge is 2.00 e. The van der Waals surface area contributed by atoms with Gasteiger partial charge in [0.2, 0.25) is 11.8 Å². The fourth-order valence-electron chi connectivity index (χ4n) is 0.963. The van der Waals surface area contributed by atoms with E-state index >= 15 is 0 Å². The number of aliphatic imine (C=N–C) groups is 2. The van der Waals surface area contributed by atoms with Crippen LogP contribution in [0.25, 0.3) is 0 Å². The van der Waals surface area contributed by atoms with E-state index in [1.54, 1.807) is 0 Å². The molecule has 0 unspecified atom stereocenters. The van der Waals surface area contributed by atoms with Crippen molar-refractivity contribution >= 4 is 58.7 Å². The predicted octanol–water partition coefficient (Wildman–Crippen LogP) is -4.88. The van der Waals surface area contributed by atoms with Gasteiger partial charge in [-0.25, -0.2) is 9.98 Å². The van der Waals surface area contributed by atoms with Gasteiger partial charge in [0.25, 0.3) is 11.8 Å². The summed E-state index contributed by atoms with van der Waals surface area (Å²) in [5.74, 6) is -2.52. The van der Waals surface area contributed by atoms with Crippen LogP contribution in [0.5, 0.6) is 0 Å². The third-order valence-corrected chi connectivity index (χ3v) is 1.57. The number of amidine groups is 2. The third-order valence-electron chi connectivity index (χ3n) is 1.57. The molecule has 0 spiro atoms. The molecule has 0 saturated carbocycles. The maximum Gasteiger partial charge on any atom is 2.00 e. The number of nitrogens with one attached hydrogen (secondary N) is 2. The minimum absolute atomic E-state index is 0. The monoisotopic (exact) mass is 278 g/mol. The quantitative estimate of drug-likeness (QED) is 0.333. The molecule has 2 aliphatic rings. The summed E-state index contributed by atoms with van der Waals surface area (Å²) < 4.78 is 0. The van der Waals surface area contributed by atoms with Crippen LogP contribution in [-0.2, 0) is 19.2 Å². The maximum atomic E-state index is 10.3. The minimum Gasteiger partial charge on any atom is -0.846 e. The van der Waals surface area contributed by atoms with Gasteiger partial charge in [-0.3, -0.25) is 19.2 Å². The molecule has 0 aromatic rings. The van der Waals surface area contributed by atoms with Gasteiger partial charge in [-0.05, 0) is 0 Å². The SMILES string of the molecule is O=C1CC(=O)NC([O-])=N1.O=C1CC(=O)NC([O-])=N1.[Mg+2]. The van der Waals surface area contributed by atoms with Crippen LogP contribution in [0.4, 0.5) is 0 Å². The molecule has 19 heavy (non-hydrogen) atoms. The Bertz CT molecular complexity index is 442. The van der Waals surface area contributed by atoms with E-state index in [4.69, 9.17) is 0 Å². The molecule has 0 saturated heterocycles. The zero-order valence-corrected chi connectivity index (χ0v) is 10.9. The van der Waals surface area contributed by atoms with Crippen LogP contribution >= 0.6 is 0 Å². The van der Waals surface area contributed by atoms with Crippen molar-refractivity contribution in [3.8, 4) is 0 Å². The van der Waals surface area contributed by atoms with Crippen LogP contribution in [0.3, 0.4) is 0 Å². The van der Waals surface area contributed by atoms with Crippen molar-refractivity contribution in [2.45, 2.75) is 12.8 Å². The summed E-state index contributed by atoms with van der Waals surface area (Å²) in [5.41, 5.74) is 0. The van der Waals surface area contributed by atoms with Crippen LogP contribution in [0.2, 0.25) is 0 Å². The van der Waals surface area contributed by atoms with E-state index in [2.05, 4.69) is 9.98 Å². The third kappa shape index (κ3) is 6.47. The number of hydrogen-bond donors (Lipinski definition) is 2. The zero-order chi connectivity index (χ0) is 13.7. The first kappa shape index (κ1) is 17.0. The summed E-state index contributed by atoms with van der Waals surface area (Å²) >= 11 is 0. The molecule has 0 atom stereocenters. The van der Waals surface area contributed by atoms with Gasteiger partial charge in [-0.2, -0.15) is 0 Å². The number of nitrogens with zero attached hydrogens (tertiary/aromatic N) is 2. The van der Waals surface area contributed by atoms with E-state index in [-0.39, 0.29) is 35.9 Å². The number of hydrogen-bond acceptors (Lipinski definition) is 6. The van der Waals surface area contributed by atoms with Crippen molar-refractivity contribution in [3.63, 3.8) is 0 Å². The van der Waals surface area contributed by atoms with Gasteiger partial charge in [0.05, 0.1) is 12.0 Å². The van der Waals surface area contributed by atoms with Gasteiger partial charge in [-0.15, -0.1) is 0 Å². The molecule has 2 aliphatic heterocycles. The van der Waals surface area contributed by atoms with Gasteiger partial charge in [0, 0.05) is 0 Å². The van der Waals surface area contributed by atoms with Crippen LogP contribution in [0.15, 0.2) is 9.98 Å². The van der Waals surface area contributed by atoms with Gasteiger partial charge in [-0.1, -0.05) is 0 Å². The molecule has 2 rings (SSSR count). The first-order valence-electron chi connectivity index (χ1n) is 4.53. The second kappa shape index (κ2) is 7.43. The number of amides is 4. The minimum atomic E-state index is -0.865. The summed E-state index contributed by atoms with van der Waals surface area (Å²) in [6.45, 7) is 0. The Kier molecular flexibility index (Phi) is 6.64. The summed E-state index contributed by atoms with van der Waals surface area (Å²) in [7, 11) is 0. The van der Waals surface area contributed by atoms with Crippen LogP contribution in [0, 0.1) is 0 Å². The summed E-state index contributed by atoms with van der Waals surface area (Å²) in [6, 6.07) is -1.73. The predicted molar refractivity (Wildman–Crippen MR) is 56.2 cm³/mol. The average molecular weight is 278 g/mol. The van der Waals surface area contributed by atoms with Gasteiger partial charge in [0.15, 0.2) is 0 Å². The molecule has 11 heteroatoms. The Labute approximate surface area is 122 Å².